The first kappa shape index (κ1) is 6.28. The lowest BCUT2D eigenvalue weighted by atomic mass is 10.2. The highest BCUT2D eigenvalue weighted by molar-refractivity contribution is 5.81. The van der Waals surface area contributed by atoms with Crippen LogP contribution < -0.4 is 4.74 Å². The van der Waals surface area contributed by atoms with E-state index in [1.165, 1.54) is 0 Å². The van der Waals surface area contributed by atoms with Crippen LogP contribution in [0.25, 0.3) is 10.8 Å². The minimum Gasteiger partial charge on any atom is -0.497 e. The van der Waals surface area contributed by atoms with Gasteiger partial charge in [0.15, 0.2) is 6.26 Å². The van der Waals surface area contributed by atoms with Crippen LogP contribution in [-0.4, -0.2) is 7.11 Å². The molecule has 0 saturated carbocycles. The molecule has 0 aliphatic rings. The summed E-state index contributed by atoms with van der Waals surface area (Å²) in [4.78, 5) is 0. The average molecular weight is 147 g/mol. The zero-order valence-electron chi connectivity index (χ0n) is 6.13. The van der Waals surface area contributed by atoms with E-state index in [-0.39, 0.29) is 0 Å². The quantitative estimate of drug-likeness (QED) is 0.617. The molecular formula is C9H7O2. The largest absolute Gasteiger partial charge is 0.497 e. The summed E-state index contributed by atoms with van der Waals surface area (Å²) in [7, 11) is 1.64. The zero-order valence-corrected chi connectivity index (χ0v) is 6.13. The molecule has 55 valence electrons. The van der Waals surface area contributed by atoms with Crippen molar-refractivity contribution in [3.05, 3.63) is 30.7 Å². The number of rotatable bonds is 1. The second kappa shape index (κ2) is 2.31. The predicted octanol–water partition coefficient (Wildman–Crippen LogP) is 2.24. The number of fused-ring (bicyclic) bond motifs is 1. The van der Waals surface area contributed by atoms with Crippen molar-refractivity contribution in [2.24, 2.45) is 0 Å². The molecule has 0 unspecified atom stereocenters. The Morgan fingerprint density at radius 2 is 2.36 bits per heavy atom. The van der Waals surface area contributed by atoms with Crippen molar-refractivity contribution in [2.75, 3.05) is 7.11 Å². The van der Waals surface area contributed by atoms with Gasteiger partial charge in [0.1, 0.15) is 5.75 Å². The second-order valence-corrected chi connectivity index (χ2v) is 2.29. The lowest BCUT2D eigenvalue weighted by Gasteiger charge is -1.96. The molecule has 0 aliphatic carbocycles. The fourth-order valence-electron chi connectivity index (χ4n) is 1.01. The molecule has 0 atom stereocenters. The Morgan fingerprint density at radius 3 is 3.18 bits per heavy atom. The minimum absolute atomic E-state index is 0.829. The Balaban J connectivity index is 2.67. The third-order valence-electron chi connectivity index (χ3n) is 1.62. The molecule has 0 fully saturated rings. The highest BCUT2D eigenvalue weighted by Gasteiger charge is 1.97. The van der Waals surface area contributed by atoms with Crippen molar-refractivity contribution in [1.29, 1.82) is 0 Å². The van der Waals surface area contributed by atoms with E-state index >= 15 is 0 Å². The van der Waals surface area contributed by atoms with Crippen molar-refractivity contribution < 1.29 is 9.15 Å². The zero-order chi connectivity index (χ0) is 7.68. The molecule has 0 bridgehead atoms. The van der Waals surface area contributed by atoms with Gasteiger partial charge < -0.3 is 9.15 Å². The van der Waals surface area contributed by atoms with Gasteiger partial charge in [-0.3, -0.25) is 0 Å². The summed E-state index contributed by atoms with van der Waals surface area (Å²) in [5.74, 6) is 0.829. The van der Waals surface area contributed by atoms with E-state index in [1.54, 1.807) is 13.4 Å². The van der Waals surface area contributed by atoms with Crippen LogP contribution in [-0.2, 0) is 0 Å². The van der Waals surface area contributed by atoms with Gasteiger partial charge in [0.25, 0.3) is 0 Å². The van der Waals surface area contributed by atoms with Gasteiger partial charge in [-0.1, -0.05) is 0 Å². The Morgan fingerprint density at radius 1 is 1.45 bits per heavy atom. The first-order chi connectivity index (χ1) is 5.40. The molecule has 1 radical (unpaired) electrons. The van der Waals surface area contributed by atoms with E-state index in [9.17, 15) is 0 Å². The Hall–Kier alpha value is -1.44. The summed E-state index contributed by atoms with van der Waals surface area (Å²) < 4.78 is 9.91. The molecule has 11 heavy (non-hydrogen) atoms. The molecule has 1 aromatic heterocycles. The molecular weight excluding hydrogens is 140 g/mol. The summed E-state index contributed by atoms with van der Waals surface area (Å²) in [6.45, 7) is 0. The molecule has 2 nitrogen and oxygen atoms in total. The molecule has 2 aromatic rings. The molecule has 1 heterocycles. The molecule has 0 spiro atoms. The highest BCUT2D eigenvalue weighted by Crippen LogP contribution is 2.20. The lowest BCUT2D eigenvalue weighted by Crippen LogP contribution is -1.79. The fraction of sp³-hybridized carbons (Fsp3) is 0.111. The van der Waals surface area contributed by atoms with Gasteiger partial charge in [-0.15, -0.1) is 0 Å². The van der Waals surface area contributed by atoms with Gasteiger partial charge in [0.05, 0.1) is 13.4 Å². The summed E-state index contributed by atoms with van der Waals surface area (Å²) in [6.07, 6.45) is 4.40. The number of hydrogen-bond donors (Lipinski definition) is 0. The van der Waals surface area contributed by atoms with Gasteiger partial charge in [-0.2, -0.15) is 0 Å². The third kappa shape index (κ3) is 0.963. The van der Waals surface area contributed by atoms with Crippen molar-refractivity contribution >= 4 is 10.8 Å². The van der Waals surface area contributed by atoms with Crippen LogP contribution in [0.15, 0.2) is 28.9 Å². The predicted molar refractivity (Wildman–Crippen MR) is 41.6 cm³/mol. The van der Waals surface area contributed by atoms with E-state index in [0.29, 0.717) is 0 Å². The van der Waals surface area contributed by atoms with E-state index in [1.807, 2.05) is 18.2 Å². The van der Waals surface area contributed by atoms with E-state index in [0.717, 1.165) is 16.5 Å². The van der Waals surface area contributed by atoms with Crippen LogP contribution >= 0.6 is 0 Å². The van der Waals surface area contributed by atoms with Crippen LogP contribution in [0.3, 0.4) is 0 Å². The van der Waals surface area contributed by atoms with Gasteiger partial charge >= 0.3 is 0 Å². The van der Waals surface area contributed by atoms with Crippen LogP contribution in [0.2, 0.25) is 0 Å². The number of benzene rings is 1. The van der Waals surface area contributed by atoms with Crippen molar-refractivity contribution in [1.82, 2.24) is 0 Å². The van der Waals surface area contributed by atoms with Gasteiger partial charge in [-0.25, -0.2) is 0 Å². The first-order valence-electron chi connectivity index (χ1n) is 3.33. The number of ether oxygens (including phenoxy) is 1. The maximum Gasteiger partial charge on any atom is 0.177 e. The summed E-state index contributed by atoms with van der Waals surface area (Å²) >= 11 is 0. The normalized spacial score (nSPS) is 10.3. The molecule has 0 amide bonds. The smallest absolute Gasteiger partial charge is 0.177 e. The van der Waals surface area contributed by atoms with Crippen LogP contribution in [0.4, 0.5) is 0 Å². The monoisotopic (exact) mass is 147 g/mol. The highest BCUT2D eigenvalue weighted by atomic mass is 16.5. The van der Waals surface area contributed by atoms with Crippen molar-refractivity contribution in [2.45, 2.75) is 0 Å². The van der Waals surface area contributed by atoms with Crippen molar-refractivity contribution in [3.63, 3.8) is 0 Å². The second-order valence-electron chi connectivity index (χ2n) is 2.29. The molecule has 2 heteroatoms. The summed E-state index contributed by atoms with van der Waals surface area (Å²) in [6, 6.07) is 5.72. The van der Waals surface area contributed by atoms with Crippen LogP contribution in [0.1, 0.15) is 0 Å². The van der Waals surface area contributed by atoms with Crippen LogP contribution in [0.5, 0.6) is 5.75 Å². The molecule has 0 N–H and O–H groups in total. The summed E-state index contributed by atoms with van der Waals surface area (Å²) in [5.41, 5.74) is 0. The standard InChI is InChI=1S/C9H7O2/c1-10-9-3-2-7-5-11-6-8(7)4-9/h2-5H,1H3. The van der Waals surface area contributed by atoms with E-state index in [4.69, 9.17) is 9.15 Å². The third-order valence-corrected chi connectivity index (χ3v) is 1.62. The topological polar surface area (TPSA) is 22.4 Å². The number of hydrogen-bond acceptors (Lipinski definition) is 2. The van der Waals surface area contributed by atoms with Gasteiger partial charge in [0, 0.05) is 10.8 Å². The Labute approximate surface area is 64.4 Å². The average Bonchev–Trinajstić information content (AvgIpc) is 2.50. The summed E-state index contributed by atoms with van der Waals surface area (Å²) in [5, 5.41) is 2.00. The molecule has 1 aromatic carbocycles. The van der Waals surface area contributed by atoms with Gasteiger partial charge in [-0.05, 0) is 18.2 Å². The maximum absolute atomic E-state index is 5.03. The number of furan rings is 1. The number of methoxy groups -OCH3 is 1. The van der Waals surface area contributed by atoms with E-state index in [2.05, 4.69) is 6.26 Å². The minimum atomic E-state index is 0.829. The van der Waals surface area contributed by atoms with Crippen LogP contribution in [0, 0.1) is 6.26 Å². The lowest BCUT2D eigenvalue weighted by molar-refractivity contribution is 0.415. The first-order valence-corrected chi connectivity index (χ1v) is 3.33. The Bertz CT molecular complexity index is 362. The van der Waals surface area contributed by atoms with E-state index < -0.39 is 0 Å². The van der Waals surface area contributed by atoms with Gasteiger partial charge in [0.2, 0.25) is 0 Å². The molecule has 0 aliphatic heterocycles. The molecule has 2 rings (SSSR count). The fourth-order valence-corrected chi connectivity index (χ4v) is 1.01. The molecule has 0 saturated heterocycles. The SMILES string of the molecule is COc1ccc2co[c]c2c1. The van der Waals surface area contributed by atoms with Crippen molar-refractivity contribution in [3.8, 4) is 5.75 Å². The maximum atomic E-state index is 5.03. The Kier molecular flexibility index (Phi) is 1.32.